The Bertz CT molecular complexity index is 1070. The first-order valence-electron chi connectivity index (χ1n) is 8.50. The molecule has 8 heteroatoms. The molecule has 0 saturated heterocycles. The standard InChI is InChI=1S/C21H15FN2O4S/c22-18-12-16(9-10-19(18)24(27)28)23-21(26)15-7-4-8-17(11-15)29-13-20(25)14-5-2-1-3-6-14/h1-12H,13H2,(H,23,26). The number of benzene rings is 3. The molecular weight excluding hydrogens is 395 g/mol. The highest BCUT2D eigenvalue weighted by Gasteiger charge is 2.15. The number of hydrogen-bond donors (Lipinski definition) is 1. The Labute approximate surface area is 169 Å². The number of Topliss-reactive ketones (excluding diaryl/α,β-unsaturated/α-hetero) is 1. The van der Waals surface area contributed by atoms with Gasteiger partial charge in [0.25, 0.3) is 5.91 Å². The van der Waals surface area contributed by atoms with Crippen LogP contribution in [0.15, 0.2) is 77.7 Å². The van der Waals surface area contributed by atoms with Crippen molar-refractivity contribution in [1.82, 2.24) is 0 Å². The molecule has 0 aliphatic heterocycles. The zero-order valence-corrected chi connectivity index (χ0v) is 15.8. The summed E-state index contributed by atoms with van der Waals surface area (Å²) in [6, 6.07) is 18.7. The molecule has 0 aromatic heterocycles. The van der Waals surface area contributed by atoms with E-state index in [1.54, 1.807) is 48.5 Å². The van der Waals surface area contributed by atoms with Gasteiger partial charge in [-0.1, -0.05) is 36.4 Å². The van der Waals surface area contributed by atoms with Gasteiger partial charge in [0.05, 0.1) is 10.7 Å². The first-order valence-corrected chi connectivity index (χ1v) is 9.49. The molecule has 3 rings (SSSR count). The van der Waals surface area contributed by atoms with E-state index in [1.165, 1.54) is 17.8 Å². The second-order valence-corrected chi connectivity index (χ2v) is 7.03. The second-order valence-electron chi connectivity index (χ2n) is 5.98. The van der Waals surface area contributed by atoms with Crippen molar-refractivity contribution >= 4 is 34.8 Å². The quantitative estimate of drug-likeness (QED) is 0.257. The number of halogens is 1. The number of carbonyl (C=O) groups is 2. The number of nitro groups is 1. The topological polar surface area (TPSA) is 89.3 Å². The molecule has 6 nitrogen and oxygen atoms in total. The molecule has 0 atom stereocenters. The molecule has 3 aromatic rings. The van der Waals surface area contributed by atoms with Crippen LogP contribution >= 0.6 is 11.8 Å². The monoisotopic (exact) mass is 410 g/mol. The van der Waals surface area contributed by atoms with Crippen molar-refractivity contribution < 1.29 is 18.9 Å². The van der Waals surface area contributed by atoms with Crippen LogP contribution in [0, 0.1) is 15.9 Å². The predicted octanol–water partition coefficient (Wildman–Crippen LogP) is 4.96. The van der Waals surface area contributed by atoms with Gasteiger partial charge in [-0.05, 0) is 24.3 Å². The third-order valence-corrected chi connectivity index (χ3v) is 4.96. The fraction of sp³-hybridized carbons (Fsp3) is 0.0476. The zero-order chi connectivity index (χ0) is 20.8. The van der Waals surface area contributed by atoms with Crippen LogP contribution < -0.4 is 5.32 Å². The van der Waals surface area contributed by atoms with Gasteiger partial charge in [0.15, 0.2) is 5.78 Å². The van der Waals surface area contributed by atoms with Gasteiger partial charge in [0, 0.05) is 33.8 Å². The number of nitro benzene ring substituents is 1. The number of nitrogens with zero attached hydrogens (tertiary/aromatic N) is 1. The summed E-state index contributed by atoms with van der Waals surface area (Å²) in [5.74, 6) is -1.32. The highest BCUT2D eigenvalue weighted by atomic mass is 32.2. The number of carbonyl (C=O) groups excluding carboxylic acids is 2. The highest BCUT2D eigenvalue weighted by Crippen LogP contribution is 2.23. The Morgan fingerprint density at radius 2 is 1.69 bits per heavy atom. The van der Waals surface area contributed by atoms with Crippen molar-refractivity contribution in [3.63, 3.8) is 0 Å². The Balaban J connectivity index is 1.65. The zero-order valence-electron chi connectivity index (χ0n) is 15.0. The van der Waals surface area contributed by atoms with Gasteiger partial charge in [-0.3, -0.25) is 19.7 Å². The lowest BCUT2D eigenvalue weighted by molar-refractivity contribution is -0.387. The van der Waals surface area contributed by atoms with Crippen molar-refractivity contribution in [2.24, 2.45) is 0 Å². The maximum absolute atomic E-state index is 13.7. The van der Waals surface area contributed by atoms with Gasteiger partial charge >= 0.3 is 5.69 Å². The fourth-order valence-electron chi connectivity index (χ4n) is 2.52. The molecule has 1 amide bonds. The summed E-state index contributed by atoms with van der Waals surface area (Å²) in [5, 5.41) is 13.2. The average molecular weight is 410 g/mol. The number of hydrogen-bond acceptors (Lipinski definition) is 5. The molecule has 0 unspecified atom stereocenters. The minimum Gasteiger partial charge on any atom is -0.322 e. The summed E-state index contributed by atoms with van der Waals surface area (Å²) < 4.78 is 13.7. The van der Waals surface area contributed by atoms with Crippen LogP contribution in [0.2, 0.25) is 0 Å². The summed E-state index contributed by atoms with van der Waals surface area (Å²) in [6.45, 7) is 0. The molecule has 146 valence electrons. The second kappa shape index (κ2) is 9.11. The third-order valence-electron chi connectivity index (χ3n) is 3.96. The lowest BCUT2D eigenvalue weighted by Crippen LogP contribution is -2.12. The molecule has 0 aliphatic rings. The number of ketones is 1. The maximum atomic E-state index is 13.7. The van der Waals surface area contributed by atoms with E-state index < -0.39 is 22.3 Å². The summed E-state index contributed by atoms with van der Waals surface area (Å²) in [4.78, 5) is 35.2. The van der Waals surface area contributed by atoms with E-state index in [1.807, 2.05) is 6.07 Å². The van der Waals surface area contributed by atoms with Crippen molar-refractivity contribution in [3.05, 3.63) is 99.9 Å². The van der Waals surface area contributed by atoms with Gasteiger partial charge in [-0.25, -0.2) is 0 Å². The molecule has 0 saturated carbocycles. The van der Waals surface area contributed by atoms with Crippen molar-refractivity contribution in [2.75, 3.05) is 11.1 Å². The lowest BCUT2D eigenvalue weighted by Gasteiger charge is -2.07. The van der Waals surface area contributed by atoms with E-state index >= 15 is 0 Å². The smallest absolute Gasteiger partial charge is 0.304 e. The summed E-state index contributed by atoms with van der Waals surface area (Å²) >= 11 is 1.30. The summed E-state index contributed by atoms with van der Waals surface area (Å²) in [7, 11) is 0. The number of thioether (sulfide) groups is 1. The average Bonchev–Trinajstić information content (AvgIpc) is 2.72. The van der Waals surface area contributed by atoms with E-state index in [-0.39, 0.29) is 17.2 Å². The SMILES string of the molecule is O=C(CSc1cccc(C(=O)Nc2ccc([N+](=O)[O-])c(F)c2)c1)c1ccccc1. The molecule has 0 fully saturated rings. The van der Waals surface area contributed by atoms with Crippen LogP contribution in [0.1, 0.15) is 20.7 Å². The number of nitrogens with one attached hydrogen (secondary N) is 1. The van der Waals surface area contributed by atoms with Crippen LogP contribution in [0.3, 0.4) is 0 Å². The molecule has 0 radical (unpaired) electrons. The van der Waals surface area contributed by atoms with Gasteiger partial charge in [0.1, 0.15) is 0 Å². The van der Waals surface area contributed by atoms with Crippen LogP contribution in [-0.2, 0) is 0 Å². The van der Waals surface area contributed by atoms with Gasteiger partial charge in [-0.15, -0.1) is 11.8 Å². The first kappa shape index (κ1) is 20.2. The molecule has 0 bridgehead atoms. The van der Waals surface area contributed by atoms with E-state index in [9.17, 15) is 24.1 Å². The van der Waals surface area contributed by atoms with E-state index in [0.717, 1.165) is 17.0 Å². The number of rotatable bonds is 7. The summed E-state index contributed by atoms with van der Waals surface area (Å²) in [5.41, 5.74) is 0.384. The molecule has 29 heavy (non-hydrogen) atoms. The molecular formula is C21H15FN2O4S. The van der Waals surface area contributed by atoms with Crippen LogP contribution in [0.4, 0.5) is 15.8 Å². The minimum absolute atomic E-state index is 0.0215. The predicted molar refractivity (Wildman–Crippen MR) is 109 cm³/mol. The molecule has 0 spiro atoms. The van der Waals surface area contributed by atoms with Crippen molar-refractivity contribution in [3.8, 4) is 0 Å². The van der Waals surface area contributed by atoms with Crippen molar-refractivity contribution in [2.45, 2.75) is 4.90 Å². The van der Waals surface area contributed by atoms with Gasteiger partial charge < -0.3 is 5.32 Å². The fourth-order valence-corrected chi connectivity index (χ4v) is 3.37. The van der Waals surface area contributed by atoms with Crippen LogP contribution in [-0.4, -0.2) is 22.4 Å². The number of amides is 1. The van der Waals surface area contributed by atoms with Gasteiger partial charge in [0.2, 0.25) is 5.82 Å². The molecule has 0 heterocycles. The van der Waals surface area contributed by atoms with Crippen LogP contribution in [0.5, 0.6) is 0 Å². The highest BCUT2D eigenvalue weighted by molar-refractivity contribution is 8.00. The van der Waals surface area contributed by atoms with Gasteiger partial charge in [-0.2, -0.15) is 4.39 Å². The maximum Gasteiger partial charge on any atom is 0.304 e. The Kier molecular flexibility index (Phi) is 6.36. The van der Waals surface area contributed by atoms with E-state index in [2.05, 4.69) is 5.32 Å². The molecule has 1 N–H and O–H groups in total. The number of anilines is 1. The molecule has 0 aliphatic carbocycles. The van der Waals surface area contributed by atoms with E-state index in [0.29, 0.717) is 11.1 Å². The lowest BCUT2D eigenvalue weighted by atomic mass is 10.2. The Morgan fingerprint density at radius 1 is 0.966 bits per heavy atom. The third kappa shape index (κ3) is 5.26. The van der Waals surface area contributed by atoms with E-state index in [4.69, 9.17) is 0 Å². The minimum atomic E-state index is -1.03. The van der Waals surface area contributed by atoms with Crippen LogP contribution in [0.25, 0.3) is 0 Å². The normalized spacial score (nSPS) is 10.4. The molecule has 3 aromatic carbocycles. The first-order chi connectivity index (χ1) is 13.9. The Hall–Kier alpha value is -3.52. The van der Waals surface area contributed by atoms with Crippen molar-refractivity contribution in [1.29, 1.82) is 0 Å². The largest absolute Gasteiger partial charge is 0.322 e. The summed E-state index contributed by atoms with van der Waals surface area (Å²) in [6.07, 6.45) is 0. The Morgan fingerprint density at radius 3 is 2.38 bits per heavy atom.